The normalized spacial score (nSPS) is 25.4. The Morgan fingerprint density at radius 2 is 1.68 bits per heavy atom. The zero-order valence-corrected chi connectivity index (χ0v) is 19.5. The number of hydrogen-bond acceptors (Lipinski definition) is 8. The van der Waals surface area contributed by atoms with Crippen LogP contribution in [0.5, 0.6) is 11.5 Å². The van der Waals surface area contributed by atoms with Crippen molar-refractivity contribution in [3.8, 4) is 22.6 Å². The molecule has 4 rings (SSSR count). The van der Waals surface area contributed by atoms with Crippen LogP contribution in [0.15, 0.2) is 42.5 Å². The molecule has 1 saturated heterocycles. The first-order valence-electron chi connectivity index (χ1n) is 12.0. The van der Waals surface area contributed by atoms with Gasteiger partial charge in [-0.3, -0.25) is 4.90 Å². The molecule has 2 aliphatic rings. The van der Waals surface area contributed by atoms with Crippen LogP contribution in [0, 0.1) is 0 Å². The third kappa shape index (κ3) is 5.89. The fraction of sp³-hybridized carbons (Fsp3) is 0.538. The summed E-state index contributed by atoms with van der Waals surface area (Å²) in [6.45, 7) is 3.94. The molecule has 34 heavy (non-hydrogen) atoms. The van der Waals surface area contributed by atoms with Crippen LogP contribution >= 0.6 is 0 Å². The topological polar surface area (TPSA) is 112 Å². The summed E-state index contributed by atoms with van der Waals surface area (Å²) in [6.07, 6.45) is -1.51. The van der Waals surface area contributed by atoms with Crippen molar-refractivity contribution in [2.45, 2.75) is 63.3 Å². The number of ether oxygens (including phenoxy) is 3. The maximum absolute atomic E-state index is 10.2. The summed E-state index contributed by atoms with van der Waals surface area (Å²) in [6, 6.07) is 13.7. The lowest BCUT2D eigenvalue weighted by Crippen LogP contribution is -2.64. The van der Waals surface area contributed by atoms with Gasteiger partial charge >= 0.3 is 0 Å². The second-order valence-electron chi connectivity index (χ2n) is 9.15. The SMILES string of the molecule is C[C@@H](O)[C@H]1[C@@H](O)[C@H](O)[C@@H](O)CN1CCCCCOCc1ccc(-c2ccc3c(c2)OCO3)cc1. The van der Waals surface area contributed by atoms with Gasteiger partial charge in [0, 0.05) is 13.2 Å². The number of β-amino-alcohol motifs (C(OH)–C–C–N with tert-alkyl or cyclic N) is 1. The molecule has 186 valence electrons. The van der Waals surface area contributed by atoms with E-state index in [0.717, 1.165) is 47.5 Å². The highest BCUT2D eigenvalue weighted by Gasteiger charge is 2.43. The number of unbranched alkanes of at least 4 members (excludes halogenated alkanes) is 2. The molecule has 0 aromatic heterocycles. The number of likely N-dealkylation sites (tertiary alicyclic amines) is 1. The number of piperidine rings is 1. The lowest BCUT2D eigenvalue weighted by atomic mass is 9.90. The molecule has 8 heteroatoms. The fourth-order valence-corrected chi connectivity index (χ4v) is 4.70. The highest BCUT2D eigenvalue weighted by Crippen LogP contribution is 2.35. The maximum Gasteiger partial charge on any atom is 0.231 e. The molecule has 8 nitrogen and oxygen atoms in total. The van der Waals surface area contributed by atoms with E-state index < -0.39 is 30.5 Å². The van der Waals surface area contributed by atoms with Crippen molar-refractivity contribution in [3.63, 3.8) is 0 Å². The van der Waals surface area contributed by atoms with Gasteiger partial charge in [0.2, 0.25) is 6.79 Å². The molecule has 0 aliphatic carbocycles. The van der Waals surface area contributed by atoms with E-state index in [1.165, 1.54) is 0 Å². The Labute approximate surface area is 200 Å². The fourth-order valence-electron chi connectivity index (χ4n) is 4.70. The Kier molecular flexibility index (Phi) is 8.41. The molecule has 0 spiro atoms. The average molecular weight is 474 g/mol. The summed E-state index contributed by atoms with van der Waals surface area (Å²) in [5.41, 5.74) is 3.30. The van der Waals surface area contributed by atoms with Gasteiger partial charge in [-0.1, -0.05) is 30.3 Å². The van der Waals surface area contributed by atoms with Crippen LogP contribution in [-0.2, 0) is 11.3 Å². The van der Waals surface area contributed by atoms with Crippen LogP contribution in [0.25, 0.3) is 11.1 Å². The molecule has 2 heterocycles. The van der Waals surface area contributed by atoms with Crippen LogP contribution in [0.4, 0.5) is 0 Å². The number of benzene rings is 2. The summed E-state index contributed by atoms with van der Waals surface area (Å²) < 4.78 is 16.6. The monoisotopic (exact) mass is 473 g/mol. The quantitative estimate of drug-likeness (QED) is 0.387. The smallest absolute Gasteiger partial charge is 0.231 e. The third-order valence-electron chi connectivity index (χ3n) is 6.59. The van der Waals surface area contributed by atoms with Gasteiger partial charge in [0.05, 0.1) is 24.9 Å². The van der Waals surface area contributed by atoms with Crippen molar-refractivity contribution in [3.05, 3.63) is 48.0 Å². The van der Waals surface area contributed by atoms with E-state index in [4.69, 9.17) is 14.2 Å². The van der Waals surface area contributed by atoms with Crippen molar-refractivity contribution in [2.24, 2.45) is 0 Å². The molecule has 0 bridgehead atoms. The Hall–Kier alpha value is -2.20. The van der Waals surface area contributed by atoms with Gasteiger partial charge in [-0.05, 0) is 61.6 Å². The number of aliphatic hydroxyl groups is 4. The number of fused-ring (bicyclic) bond motifs is 1. The Morgan fingerprint density at radius 3 is 2.44 bits per heavy atom. The largest absolute Gasteiger partial charge is 0.454 e. The van der Waals surface area contributed by atoms with Crippen molar-refractivity contribution >= 4 is 0 Å². The van der Waals surface area contributed by atoms with E-state index >= 15 is 0 Å². The molecule has 2 aromatic carbocycles. The minimum absolute atomic E-state index is 0.243. The van der Waals surface area contributed by atoms with E-state index in [1.54, 1.807) is 6.92 Å². The average Bonchev–Trinajstić information content (AvgIpc) is 3.30. The lowest BCUT2D eigenvalue weighted by Gasteiger charge is -2.45. The maximum atomic E-state index is 10.2. The first-order valence-corrected chi connectivity index (χ1v) is 12.0. The van der Waals surface area contributed by atoms with Crippen LogP contribution in [0.1, 0.15) is 31.7 Å². The second-order valence-corrected chi connectivity index (χ2v) is 9.15. The van der Waals surface area contributed by atoms with Gasteiger partial charge in [0.1, 0.15) is 12.2 Å². The van der Waals surface area contributed by atoms with E-state index in [0.29, 0.717) is 19.8 Å². The number of rotatable bonds is 10. The van der Waals surface area contributed by atoms with Crippen LogP contribution in [0.3, 0.4) is 0 Å². The van der Waals surface area contributed by atoms with Crippen molar-refractivity contribution in [1.29, 1.82) is 0 Å². The van der Waals surface area contributed by atoms with Gasteiger partial charge in [-0.2, -0.15) is 0 Å². The summed E-state index contributed by atoms with van der Waals surface area (Å²) >= 11 is 0. The first kappa shape index (κ1) is 24.9. The summed E-state index contributed by atoms with van der Waals surface area (Å²) in [4.78, 5) is 1.87. The zero-order chi connectivity index (χ0) is 24.1. The summed E-state index contributed by atoms with van der Waals surface area (Å²) in [5.74, 6) is 1.55. The van der Waals surface area contributed by atoms with Crippen molar-refractivity contribution in [2.75, 3.05) is 26.5 Å². The lowest BCUT2D eigenvalue weighted by molar-refractivity contribution is -0.157. The van der Waals surface area contributed by atoms with Crippen molar-refractivity contribution in [1.82, 2.24) is 4.90 Å². The van der Waals surface area contributed by atoms with Gasteiger partial charge in [-0.15, -0.1) is 0 Å². The van der Waals surface area contributed by atoms with Gasteiger partial charge in [-0.25, -0.2) is 0 Å². The second kappa shape index (κ2) is 11.5. The minimum Gasteiger partial charge on any atom is -0.454 e. The molecule has 5 atom stereocenters. The van der Waals surface area contributed by atoms with Crippen molar-refractivity contribution < 1.29 is 34.6 Å². The van der Waals surface area contributed by atoms with E-state index in [1.807, 2.05) is 23.1 Å². The van der Waals surface area contributed by atoms with Crippen LogP contribution < -0.4 is 9.47 Å². The van der Waals surface area contributed by atoms with Gasteiger partial charge in [0.25, 0.3) is 0 Å². The highest BCUT2D eigenvalue weighted by atomic mass is 16.7. The van der Waals surface area contributed by atoms with Crippen LogP contribution in [-0.4, -0.2) is 82.3 Å². The molecule has 0 saturated carbocycles. The molecular formula is C26H35NO7. The highest BCUT2D eigenvalue weighted by molar-refractivity contribution is 5.67. The summed E-state index contributed by atoms with van der Waals surface area (Å²) in [7, 11) is 0. The predicted molar refractivity (Wildman–Crippen MR) is 127 cm³/mol. The van der Waals surface area contributed by atoms with Gasteiger partial charge in [0.15, 0.2) is 11.5 Å². The van der Waals surface area contributed by atoms with E-state index in [-0.39, 0.29) is 13.3 Å². The molecule has 1 fully saturated rings. The number of aliphatic hydroxyl groups excluding tert-OH is 4. The van der Waals surface area contributed by atoms with Gasteiger partial charge < -0.3 is 34.6 Å². The molecular weight excluding hydrogens is 438 g/mol. The molecule has 2 aromatic rings. The molecule has 4 N–H and O–H groups in total. The summed E-state index contributed by atoms with van der Waals surface area (Å²) in [5, 5.41) is 40.0. The molecule has 0 amide bonds. The minimum atomic E-state index is -1.23. The van der Waals surface area contributed by atoms with E-state index in [9.17, 15) is 20.4 Å². The number of hydrogen-bond donors (Lipinski definition) is 4. The molecule has 0 unspecified atom stereocenters. The Bertz CT molecular complexity index is 920. The van der Waals surface area contributed by atoms with E-state index in [2.05, 4.69) is 24.3 Å². The zero-order valence-electron chi connectivity index (χ0n) is 19.5. The Morgan fingerprint density at radius 1 is 0.941 bits per heavy atom. The Balaban J connectivity index is 1.15. The molecule has 2 aliphatic heterocycles. The first-order chi connectivity index (χ1) is 16.4. The number of nitrogens with zero attached hydrogens (tertiary/aromatic N) is 1. The standard InChI is InChI=1S/C26H35NO7/c1-17(28)24-26(31)25(30)21(29)14-27(24)11-3-2-4-12-32-15-18-5-7-19(8-6-18)20-9-10-22-23(13-20)34-16-33-22/h5-10,13,17,21,24-26,28-31H,2-4,11-12,14-16H2,1H3/t17-,21+,24+,25-,26-/m1/s1. The third-order valence-corrected chi connectivity index (χ3v) is 6.59. The van der Waals surface area contributed by atoms with Crippen LogP contribution in [0.2, 0.25) is 0 Å². The predicted octanol–water partition coefficient (Wildman–Crippen LogP) is 1.92. The molecule has 0 radical (unpaired) electrons.